The van der Waals surface area contributed by atoms with E-state index < -0.39 is 0 Å². The van der Waals surface area contributed by atoms with Crippen molar-refractivity contribution in [3.05, 3.63) is 12.7 Å². The monoisotopic (exact) mass is 301 g/mol. The van der Waals surface area contributed by atoms with Gasteiger partial charge in [-0.2, -0.15) is 0 Å². The third kappa shape index (κ3) is 30.9. The standard InChI is InChI=1S/C7H14Te.C3H9Si/c1-3-5-7-8-6-4-2;1-4(2)3/h4H,2-3,5-7H2,1H3;1-3H3. The molecule has 0 saturated heterocycles. The summed E-state index contributed by atoms with van der Waals surface area (Å²) in [6.45, 7) is 12.7. The second-order valence-corrected chi connectivity index (χ2v) is 9.50. The van der Waals surface area contributed by atoms with Crippen LogP contribution in [0, 0.1) is 0 Å². The molecule has 0 aliphatic rings. The fourth-order valence-electron chi connectivity index (χ4n) is 0.413. The third-order valence-corrected chi connectivity index (χ3v) is 3.87. The van der Waals surface area contributed by atoms with Gasteiger partial charge in [-0.1, -0.05) is 19.6 Å². The molecule has 2 heteroatoms. The molecule has 0 aliphatic carbocycles. The largest absolute Gasteiger partial charge is 0.0715 e. The van der Waals surface area contributed by atoms with E-state index in [1.165, 1.54) is 21.8 Å². The summed E-state index contributed by atoms with van der Waals surface area (Å²) < 4.78 is 2.83. The van der Waals surface area contributed by atoms with Crippen LogP contribution in [-0.4, -0.2) is 29.7 Å². The first-order chi connectivity index (χ1) is 5.65. The van der Waals surface area contributed by atoms with E-state index in [0.717, 1.165) is 0 Å². The van der Waals surface area contributed by atoms with Gasteiger partial charge in [0.1, 0.15) is 0 Å². The van der Waals surface area contributed by atoms with Crippen molar-refractivity contribution in [2.75, 3.05) is 0 Å². The number of hydrogen-bond acceptors (Lipinski definition) is 0. The van der Waals surface area contributed by atoms with Crippen LogP contribution in [0.15, 0.2) is 12.7 Å². The van der Waals surface area contributed by atoms with Gasteiger partial charge in [0.05, 0.1) is 0 Å². The second kappa shape index (κ2) is 14.3. The fourth-order valence-corrected chi connectivity index (χ4v) is 2.77. The van der Waals surface area contributed by atoms with Gasteiger partial charge in [0.2, 0.25) is 0 Å². The zero-order valence-electron chi connectivity index (χ0n) is 9.02. The van der Waals surface area contributed by atoms with Gasteiger partial charge in [-0.05, 0) is 0 Å². The summed E-state index contributed by atoms with van der Waals surface area (Å²) in [5.41, 5.74) is 0. The Hall–Kier alpha value is 0.746. The molecular formula is C10H23SiTe. The van der Waals surface area contributed by atoms with Gasteiger partial charge in [-0.15, -0.1) is 0 Å². The molecule has 0 aromatic rings. The van der Waals surface area contributed by atoms with E-state index in [1.807, 2.05) is 0 Å². The zero-order valence-corrected chi connectivity index (χ0v) is 12.4. The van der Waals surface area contributed by atoms with Gasteiger partial charge < -0.3 is 0 Å². The summed E-state index contributed by atoms with van der Waals surface area (Å²) in [4.78, 5) is 0. The number of hydrogen-bond donors (Lipinski definition) is 0. The Labute approximate surface area is 90.5 Å². The molecular weight excluding hydrogens is 276 g/mol. The van der Waals surface area contributed by atoms with E-state index in [4.69, 9.17) is 0 Å². The van der Waals surface area contributed by atoms with E-state index in [-0.39, 0.29) is 8.80 Å². The molecule has 0 heterocycles. The Morgan fingerprint density at radius 1 is 1.33 bits per heavy atom. The number of rotatable bonds is 5. The summed E-state index contributed by atoms with van der Waals surface area (Å²) >= 11 is 0.349. The average molecular weight is 299 g/mol. The van der Waals surface area contributed by atoms with E-state index in [1.54, 1.807) is 0 Å². The fraction of sp³-hybridized carbons (Fsp3) is 0.800. The number of unbranched alkanes of at least 4 members (excludes halogenated alkanes) is 1. The van der Waals surface area contributed by atoms with E-state index in [0.29, 0.717) is 20.9 Å². The van der Waals surface area contributed by atoms with Gasteiger partial charge in [0, 0.05) is 8.80 Å². The Morgan fingerprint density at radius 3 is 2.17 bits per heavy atom. The van der Waals surface area contributed by atoms with Crippen molar-refractivity contribution in [2.24, 2.45) is 0 Å². The van der Waals surface area contributed by atoms with Crippen molar-refractivity contribution < 1.29 is 0 Å². The zero-order chi connectivity index (χ0) is 9.82. The van der Waals surface area contributed by atoms with Crippen molar-refractivity contribution in [1.82, 2.24) is 0 Å². The Kier molecular flexibility index (Phi) is 18.1. The first-order valence-electron chi connectivity index (χ1n) is 4.60. The van der Waals surface area contributed by atoms with Crippen LogP contribution in [-0.2, 0) is 0 Å². The molecule has 12 heavy (non-hydrogen) atoms. The molecule has 0 spiro atoms. The van der Waals surface area contributed by atoms with Crippen LogP contribution in [0.2, 0.25) is 28.6 Å². The summed E-state index contributed by atoms with van der Waals surface area (Å²) in [7, 11) is 0.120. The second-order valence-electron chi connectivity index (χ2n) is 3.22. The molecule has 0 nitrogen and oxygen atoms in total. The van der Waals surface area contributed by atoms with E-state index in [9.17, 15) is 0 Å². The summed E-state index contributed by atoms with van der Waals surface area (Å²) in [5, 5.41) is 0. The van der Waals surface area contributed by atoms with Crippen LogP contribution in [0.1, 0.15) is 19.8 Å². The van der Waals surface area contributed by atoms with Crippen molar-refractivity contribution in [3.63, 3.8) is 0 Å². The predicted octanol–water partition coefficient (Wildman–Crippen LogP) is 3.88. The Morgan fingerprint density at radius 2 is 1.83 bits per heavy atom. The minimum atomic E-state index is 0.120. The predicted molar refractivity (Wildman–Crippen MR) is 63.8 cm³/mol. The van der Waals surface area contributed by atoms with Crippen LogP contribution >= 0.6 is 0 Å². The molecule has 0 fully saturated rings. The maximum atomic E-state index is 3.69. The van der Waals surface area contributed by atoms with E-state index >= 15 is 0 Å². The average Bonchev–Trinajstić information content (AvgIpc) is 1.97. The van der Waals surface area contributed by atoms with Crippen LogP contribution in [0.3, 0.4) is 0 Å². The molecule has 0 saturated carbocycles. The first kappa shape index (κ1) is 15.2. The molecule has 0 bridgehead atoms. The Balaban J connectivity index is 0. The molecule has 0 atom stereocenters. The van der Waals surface area contributed by atoms with Gasteiger partial charge >= 0.3 is 62.3 Å². The van der Waals surface area contributed by atoms with Crippen molar-refractivity contribution in [1.29, 1.82) is 0 Å². The smallest absolute Gasteiger partial charge is 0.0379 e. The molecule has 0 N–H and O–H groups in total. The maximum absolute atomic E-state index is 3.69. The van der Waals surface area contributed by atoms with E-state index in [2.05, 4.69) is 39.2 Å². The molecule has 1 radical (unpaired) electrons. The normalized spacial score (nSPS) is 9.08. The number of allylic oxidation sites excluding steroid dienone is 1. The molecule has 0 aromatic heterocycles. The molecule has 73 valence electrons. The minimum Gasteiger partial charge on any atom is -0.0715 e. The van der Waals surface area contributed by atoms with Crippen molar-refractivity contribution in [2.45, 2.75) is 48.3 Å². The third-order valence-electron chi connectivity index (χ3n) is 0.878. The van der Waals surface area contributed by atoms with Gasteiger partial charge in [0.15, 0.2) is 0 Å². The topological polar surface area (TPSA) is 0 Å². The van der Waals surface area contributed by atoms with Crippen LogP contribution < -0.4 is 0 Å². The summed E-state index contributed by atoms with van der Waals surface area (Å²) in [6, 6.07) is 0. The SMILES string of the molecule is C=CC[Te]CCCC.C[Si](C)C. The maximum Gasteiger partial charge on any atom is 0.0379 e. The van der Waals surface area contributed by atoms with Crippen LogP contribution in [0.25, 0.3) is 0 Å². The minimum absolute atomic E-state index is 0.120. The molecule has 0 unspecified atom stereocenters. The van der Waals surface area contributed by atoms with Crippen molar-refractivity contribution in [3.8, 4) is 0 Å². The summed E-state index contributed by atoms with van der Waals surface area (Å²) in [6.07, 6.45) is 4.86. The van der Waals surface area contributed by atoms with Crippen LogP contribution in [0.5, 0.6) is 0 Å². The van der Waals surface area contributed by atoms with Crippen LogP contribution in [0.4, 0.5) is 0 Å². The molecule has 0 amide bonds. The Bertz CT molecular complexity index is 79.2. The molecule has 0 aliphatic heterocycles. The molecule has 0 rings (SSSR count). The molecule has 0 aromatic carbocycles. The van der Waals surface area contributed by atoms with Gasteiger partial charge in [0.25, 0.3) is 0 Å². The first-order valence-corrected chi connectivity index (χ1v) is 10.9. The van der Waals surface area contributed by atoms with Gasteiger partial charge in [-0.25, -0.2) is 0 Å². The van der Waals surface area contributed by atoms with Gasteiger partial charge in [-0.3, -0.25) is 0 Å². The summed E-state index contributed by atoms with van der Waals surface area (Å²) in [5.74, 6) is 0. The quantitative estimate of drug-likeness (QED) is 0.410. The van der Waals surface area contributed by atoms with Crippen molar-refractivity contribution >= 4 is 29.7 Å².